The van der Waals surface area contributed by atoms with Crippen molar-refractivity contribution in [3.63, 3.8) is 0 Å². The van der Waals surface area contributed by atoms with Crippen LogP contribution in [-0.4, -0.2) is 39.2 Å². The van der Waals surface area contributed by atoms with Crippen LogP contribution < -0.4 is 10.7 Å². The molecule has 2 aromatic heterocycles. The first-order valence-corrected chi connectivity index (χ1v) is 10.2. The predicted molar refractivity (Wildman–Crippen MR) is 110 cm³/mol. The Morgan fingerprint density at radius 3 is 2.74 bits per heavy atom. The van der Waals surface area contributed by atoms with Gasteiger partial charge in [0.15, 0.2) is 10.8 Å². The van der Waals surface area contributed by atoms with Crippen LogP contribution in [0.4, 0.5) is 18.3 Å². The van der Waals surface area contributed by atoms with Crippen molar-refractivity contribution >= 4 is 22.4 Å². The zero-order valence-corrected chi connectivity index (χ0v) is 17.5. The maximum Gasteiger partial charge on any atom is 0.418 e. The van der Waals surface area contributed by atoms with Crippen LogP contribution in [0.2, 0.25) is 0 Å². The van der Waals surface area contributed by atoms with E-state index >= 15 is 0 Å². The fourth-order valence-corrected chi connectivity index (χ4v) is 4.46. The van der Waals surface area contributed by atoms with E-state index in [-0.39, 0.29) is 11.4 Å². The molecule has 1 amide bonds. The highest BCUT2D eigenvalue weighted by molar-refractivity contribution is 7.15. The van der Waals surface area contributed by atoms with Crippen LogP contribution in [0.1, 0.15) is 32.3 Å². The van der Waals surface area contributed by atoms with Gasteiger partial charge >= 0.3 is 6.18 Å². The summed E-state index contributed by atoms with van der Waals surface area (Å²) >= 11 is 1.31. The first-order valence-electron chi connectivity index (χ1n) is 9.39. The van der Waals surface area contributed by atoms with E-state index in [1.54, 1.807) is 0 Å². The van der Waals surface area contributed by atoms with E-state index in [1.807, 2.05) is 7.05 Å². The second-order valence-electron chi connectivity index (χ2n) is 7.26. The number of benzene rings is 1. The topological polar surface area (TPSA) is 80.1 Å². The third-order valence-corrected chi connectivity index (χ3v) is 5.90. The lowest BCUT2D eigenvalue weighted by molar-refractivity contribution is -0.137. The molecule has 0 saturated heterocycles. The molecule has 11 heteroatoms. The predicted octanol–water partition coefficient (Wildman–Crippen LogP) is 3.26. The number of nitrogens with one attached hydrogen (secondary N) is 1. The fraction of sp³-hybridized carbons (Fsp3) is 0.300. The van der Waals surface area contributed by atoms with E-state index in [0.717, 1.165) is 40.4 Å². The SMILES string of the molecule is Cc1cc(=O)c(C(=O)Nc2nc3c(s2)CN(C)CC3)nn1-c1ccccc1C(F)(F)F. The number of hydrogen-bond donors (Lipinski definition) is 1. The van der Waals surface area contributed by atoms with Gasteiger partial charge in [-0.1, -0.05) is 12.1 Å². The van der Waals surface area contributed by atoms with Gasteiger partial charge in [0, 0.05) is 36.1 Å². The van der Waals surface area contributed by atoms with Crippen molar-refractivity contribution in [2.75, 3.05) is 18.9 Å². The van der Waals surface area contributed by atoms with Crippen LogP contribution in [0.25, 0.3) is 5.69 Å². The minimum absolute atomic E-state index is 0.172. The van der Waals surface area contributed by atoms with E-state index < -0.39 is 28.8 Å². The van der Waals surface area contributed by atoms with Gasteiger partial charge in [-0.05, 0) is 26.1 Å². The number of hydrogen-bond acceptors (Lipinski definition) is 6. The molecule has 1 aromatic carbocycles. The maximum absolute atomic E-state index is 13.4. The lowest BCUT2D eigenvalue weighted by Crippen LogP contribution is -2.27. The molecule has 0 aliphatic carbocycles. The summed E-state index contributed by atoms with van der Waals surface area (Å²) in [4.78, 5) is 32.7. The molecule has 0 radical (unpaired) electrons. The summed E-state index contributed by atoms with van der Waals surface area (Å²) in [5, 5.41) is 6.86. The van der Waals surface area contributed by atoms with Gasteiger partial charge in [0.05, 0.1) is 16.9 Å². The van der Waals surface area contributed by atoms with E-state index in [4.69, 9.17) is 0 Å². The number of likely N-dealkylation sites (N-methyl/N-ethyl adjacent to an activating group) is 1. The van der Waals surface area contributed by atoms with Crippen molar-refractivity contribution in [2.24, 2.45) is 0 Å². The lowest BCUT2D eigenvalue weighted by Gasteiger charge is -2.20. The Kier molecular flexibility index (Phi) is 5.40. The van der Waals surface area contributed by atoms with Crippen LogP contribution in [-0.2, 0) is 19.1 Å². The smallest absolute Gasteiger partial charge is 0.301 e. The molecule has 1 aliphatic rings. The van der Waals surface area contributed by atoms with Crippen LogP contribution >= 0.6 is 11.3 Å². The first-order chi connectivity index (χ1) is 14.6. The van der Waals surface area contributed by atoms with Crippen molar-refractivity contribution in [3.05, 3.63) is 68.1 Å². The molecule has 3 aromatic rings. The largest absolute Gasteiger partial charge is 0.418 e. The molecular formula is C20H18F3N5O2S. The number of carbonyl (C=O) groups excluding carboxylic acids is 1. The monoisotopic (exact) mass is 449 g/mol. The fourth-order valence-electron chi connectivity index (χ4n) is 3.38. The molecule has 1 aliphatic heterocycles. The van der Waals surface area contributed by atoms with Crippen molar-refractivity contribution in [1.82, 2.24) is 19.7 Å². The van der Waals surface area contributed by atoms with Crippen LogP contribution in [0.15, 0.2) is 35.1 Å². The number of aryl methyl sites for hydroxylation is 1. The van der Waals surface area contributed by atoms with Gasteiger partial charge in [-0.25, -0.2) is 9.67 Å². The summed E-state index contributed by atoms with van der Waals surface area (Å²) in [6, 6.07) is 5.95. The molecule has 0 saturated carbocycles. The third kappa shape index (κ3) is 4.23. The number of thiazole rings is 1. The normalized spacial score (nSPS) is 14.4. The number of alkyl halides is 3. The molecule has 162 valence electrons. The molecular weight excluding hydrogens is 431 g/mol. The molecule has 7 nitrogen and oxygen atoms in total. The van der Waals surface area contributed by atoms with Crippen molar-refractivity contribution in [1.29, 1.82) is 0 Å². The van der Waals surface area contributed by atoms with E-state index in [0.29, 0.717) is 11.7 Å². The Balaban J connectivity index is 1.69. The summed E-state index contributed by atoms with van der Waals surface area (Å²) in [7, 11) is 1.98. The second-order valence-corrected chi connectivity index (χ2v) is 8.34. The third-order valence-electron chi connectivity index (χ3n) is 4.90. The van der Waals surface area contributed by atoms with Crippen LogP contribution in [0.3, 0.4) is 0 Å². The number of para-hydroxylation sites is 1. The highest BCUT2D eigenvalue weighted by Gasteiger charge is 2.34. The molecule has 0 unspecified atom stereocenters. The molecule has 0 atom stereocenters. The highest BCUT2D eigenvalue weighted by Crippen LogP contribution is 2.33. The number of amides is 1. The zero-order chi connectivity index (χ0) is 22.3. The Morgan fingerprint density at radius 2 is 2.00 bits per heavy atom. The molecule has 0 fully saturated rings. The molecule has 1 N–H and O–H groups in total. The number of anilines is 1. The summed E-state index contributed by atoms with van der Waals surface area (Å²) < 4.78 is 41.3. The Labute approximate surface area is 179 Å². The molecule has 0 bridgehead atoms. The number of halogens is 3. The first kappa shape index (κ1) is 21.2. The van der Waals surface area contributed by atoms with Gasteiger partial charge in [-0.3, -0.25) is 14.9 Å². The van der Waals surface area contributed by atoms with Crippen LogP contribution in [0.5, 0.6) is 0 Å². The van der Waals surface area contributed by atoms with Crippen molar-refractivity contribution < 1.29 is 18.0 Å². The van der Waals surface area contributed by atoms with Crippen molar-refractivity contribution in [2.45, 2.75) is 26.1 Å². The molecule has 4 rings (SSSR count). The summed E-state index contributed by atoms with van der Waals surface area (Å²) in [6.07, 6.45) is -3.87. The zero-order valence-electron chi connectivity index (χ0n) is 16.7. The summed E-state index contributed by atoms with van der Waals surface area (Å²) in [6.45, 7) is 3.02. The van der Waals surface area contributed by atoms with Crippen LogP contribution in [0, 0.1) is 6.92 Å². The van der Waals surface area contributed by atoms with Gasteiger partial charge in [0.2, 0.25) is 5.43 Å². The standard InChI is InChI=1S/C20H18F3N5O2S/c1-11-9-15(29)17(26-28(11)14-6-4-3-5-12(14)20(21,22)23)18(30)25-19-24-13-7-8-27(2)10-16(13)31-19/h3-6,9H,7-8,10H2,1-2H3,(H,24,25,30). The van der Waals surface area contributed by atoms with Gasteiger partial charge in [-0.15, -0.1) is 11.3 Å². The Bertz CT molecular complexity index is 1220. The molecule has 0 spiro atoms. The molecule has 3 heterocycles. The average Bonchev–Trinajstić information content (AvgIpc) is 3.08. The van der Waals surface area contributed by atoms with Gasteiger partial charge in [0.25, 0.3) is 5.91 Å². The quantitative estimate of drug-likeness (QED) is 0.664. The second kappa shape index (κ2) is 7.89. The Hall–Kier alpha value is -3.05. The minimum atomic E-state index is -4.62. The summed E-state index contributed by atoms with van der Waals surface area (Å²) in [5.41, 5.74) is -1.31. The number of nitrogens with zero attached hydrogens (tertiary/aromatic N) is 4. The number of fused-ring (bicyclic) bond motifs is 1. The molecule has 31 heavy (non-hydrogen) atoms. The van der Waals surface area contributed by atoms with E-state index in [1.165, 1.54) is 36.5 Å². The highest BCUT2D eigenvalue weighted by atomic mass is 32.1. The number of rotatable bonds is 3. The Morgan fingerprint density at radius 1 is 1.26 bits per heavy atom. The van der Waals surface area contributed by atoms with Gasteiger partial charge < -0.3 is 4.90 Å². The number of aromatic nitrogens is 3. The van der Waals surface area contributed by atoms with Gasteiger partial charge in [-0.2, -0.15) is 18.3 Å². The van der Waals surface area contributed by atoms with Crippen molar-refractivity contribution in [3.8, 4) is 5.69 Å². The number of carbonyl (C=O) groups is 1. The van der Waals surface area contributed by atoms with E-state index in [2.05, 4.69) is 20.3 Å². The van der Waals surface area contributed by atoms with Gasteiger partial charge in [0.1, 0.15) is 0 Å². The van der Waals surface area contributed by atoms with E-state index in [9.17, 15) is 22.8 Å². The summed E-state index contributed by atoms with van der Waals surface area (Å²) in [5.74, 6) is -0.817. The minimum Gasteiger partial charge on any atom is -0.301 e. The average molecular weight is 449 g/mol. The maximum atomic E-state index is 13.4. The lowest BCUT2D eigenvalue weighted by atomic mass is 10.1.